The van der Waals surface area contributed by atoms with E-state index in [1.165, 1.54) is 29.3 Å². The summed E-state index contributed by atoms with van der Waals surface area (Å²) < 4.78 is 79.3. The van der Waals surface area contributed by atoms with Gasteiger partial charge in [0.1, 0.15) is 27.0 Å². The lowest BCUT2D eigenvalue weighted by Gasteiger charge is -2.28. The first-order valence-corrected chi connectivity index (χ1v) is 22.6. The van der Waals surface area contributed by atoms with Crippen LogP contribution in [0.4, 0.5) is 5.95 Å². The fourth-order valence-corrected chi connectivity index (χ4v) is 11.0. The van der Waals surface area contributed by atoms with Gasteiger partial charge in [-0.2, -0.15) is 4.31 Å². The number of imidazole rings is 1. The molecule has 1 saturated heterocycles. The van der Waals surface area contributed by atoms with E-state index in [2.05, 4.69) is 30.4 Å². The number of nitrogens with one attached hydrogen (secondary N) is 1. The van der Waals surface area contributed by atoms with Crippen molar-refractivity contribution in [2.45, 2.75) is 41.8 Å². The first-order valence-electron chi connectivity index (χ1n) is 19.6. The van der Waals surface area contributed by atoms with Gasteiger partial charge in [0.05, 0.1) is 44.5 Å². The Balaban J connectivity index is 1.47. The number of anilines is 1. The predicted octanol–water partition coefficient (Wildman–Crippen LogP) is 5.00. The van der Waals surface area contributed by atoms with E-state index in [9.17, 15) is 8.42 Å². The molecule has 0 unspecified atom stereocenters. The maximum absolute atomic E-state index is 16.1. The van der Waals surface area contributed by atoms with Crippen LogP contribution in [-0.4, -0.2) is 97.7 Å². The lowest BCUT2D eigenvalue weighted by molar-refractivity contribution is 0.396. The molecule has 62 heavy (non-hydrogen) atoms. The van der Waals surface area contributed by atoms with Crippen molar-refractivity contribution in [1.82, 2.24) is 39.4 Å². The van der Waals surface area contributed by atoms with Gasteiger partial charge in [0.25, 0.3) is 0 Å². The molecule has 0 saturated carbocycles. The van der Waals surface area contributed by atoms with E-state index in [-0.39, 0.29) is 42.9 Å². The van der Waals surface area contributed by atoms with Crippen molar-refractivity contribution in [2.75, 3.05) is 47.2 Å². The van der Waals surface area contributed by atoms with Crippen molar-refractivity contribution in [3.8, 4) is 39.8 Å². The van der Waals surface area contributed by atoms with Crippen LogP contribution in [0.5, 0.6) is 17.2 Å². The number of methoxy groups -OCH3 is 3. The van der Waals surface area contributed by atoms with E-state index in [1.54, 1.807) is 86.0 Å². The topological polar surface area (TPSA) is 227 Å². The SMILES string of the molecule is COc1ccc(CN(Cc2ccc(OC)cc2)S(=O)(=O)c2c(S(N)(=O)=O)cc([C@H]3CCN(C)C3)c(-c3cccc4[nH]c(N)nc34)c2-c2nnnn2Cc2ccc(OC)cc2)cc1. The molecular formula is C43H46N10O7S2. The number of nitrogen functional groups attached to an aromatic ring is 1. The molecule has 0 bridgehead atoms. The Kier molecular flexibility index (Phi) is 11.7. The lowest BCUT2D eigenvalue weighted by Crippen LogP contribution is -2.33. The average molecular weight is 879 g/mol. The smallest absolute Gasteiger partial charge is 0.245 e. The van der Waals surface area contributed by atoms with Crippen molar-refractivity contribution in [3.63, 3.8) is 0 Å². The number of benzene rings is 5. The Morgan fingerprint density at radius 2 is 1.39 bits per heavy atom. The van der Waals surface area contributed by atoms with Crippen molar-refractivity contribution >= 4 is 37.0 Å². The number of likely N-dealkylation sites (N-methyl/N-ethyl adjacent to an activating group) is 1. The molecule has 0 aliphatic carbocycles. The molecule has 0 spiro atoms. The van der Waals surface area contributed by atoms with Gasteiger partial charge < -0.3 is 29.8 Å². The number of hydrogen-bond donors (Lipinski definition) is 3. The maximum atomic E-state index is 16.1. The van der Waals surface area contributed by atoms with Gasteiger partial charge in [-0.15, -0.1) is 5.10 Å². The van der Waals surface area contributed by atoms with Crippen LogP contribution in [-0.2, 0) is 39.7 Å². The van der Waals surface area contributed by atoms with Gasteiger partial charge in [-0.1, -0.05) is 48.5 Å². The van der Waals surface area contributed by atoms with Crippen LogP contribution in [0.15, 0.2) is 107 Å². The average Bonchev–Trinajstić information content (AvgIpc) is 4.02. The summed E-state index contributed by atoms with van der Waals surface area (Å²) in [5, 5.41) is 19.1. The number of primary sulfonamides is 1. The molecule has 7 aromatic rings. The molecule has 322 valence electrons. The van der Waals surface area contributed by atoms with Crippen LogP contribution in [0, 0.1) is 0 Å². The van der Waals surface area contributed by atoms with Gasteiger partial charge in [0.2, 0.25) is 20.0 Å². The van der Waals surface area contributed by atoms with E-state index >= 15 is 8.42 Å². The zero-order chi connectivity index (χ0) is 43.8. The molecule has 1 aliphatic rings. The van der Waals surface area contributed by atoms with Gasteiger partial charge >= 0.3 is 0 Å². The van der Waals surface area contributed by atoms with Crippen LogP contribution < -0.4 is 25.1 Å². The second kappa shape index (κ2) is 17.2. The van der Waals surface area contributed by atoms with Gasteiger partial charge in [0, 0.05) is 25.2 Å². The second-order valence-electron chi connectivity index (χ2n) is 15.1. The summed E-state index contributed by atoms with van der Waals surface area (Å²) in [5.74, 6) is 1.65. The Morgan fingerprint density at radius 1 is 0.806 bits per heavy atom. The van der Waals surface area contributed by atoms with E-state index in [4.69, 9.17) is 25.1 Å². The quantitative estimate of drug-likeness (QED) is 0.123. The fourth-order valence-electron chi connectivity index (χ4n) is 8.01. The molecule has 1 fully saturated rings. The summed E-state index contributed by atoms with van der Waals surface area (Å²) in [5.41, 5.74) is 10.6. The number of aromatic amines is 1. The lowest BCUT2D eigenvalue weighted by atomic mass is 9.85. The molecule has 5 N–H and O–H groups in total. The number of rotatable bonds is 15. The number of nitrogens with two attached hydrogens (primary N) is 2. The van der Waals surface area contributed by atoms with E-state index in [0.717, 1.165) is 5.56 Å². The number of sulfonamides is 2. The zero-order valence-corrected chi connectivity index (χ0v) is 36.2. The van der Waals surface area contributed by atoms with Crippen molar-refractivity contribution in [2.24, 2.45) is 5.14 Å². The van der Waals surface area contributed by atoms with Gasteiger partial charge in [-0.25, -0.2) is 31.6 Å². The van der Waals surface area contributed by atoms with Gasteiger partial charge in [-0.05, 0) is 113 Å². The molecule has 0 radical (unpaired) electrons. The minimum Gasteiger partial charge on any atom is -0.497 e. The van der Waals surface area contributed by atoms with Crippen LogP contribution >= 0.6 is 0 Å². The Bertz CT molecular complexity index is 2910. The summed E-state index contributed by atoms with van der Waals surface area (Å²) in [6.45, 7) is 0.978. The number of likely N-dealkylation sites (tertiary alicyclic amines) is 1. The van der Waals surface area contributed by atoms with Gasteiger partial charge in [0.15, 0.2) is 11.8 Å². The molecule has 8 rings (SSSR count). The summed E-state index contributed by atoms with van der Waals surface area (Å²) >= 11 is 0. The largest absolute Gasteiger partial charge is 0.497 e. The van der Waals surface area contributed by atoms with Crippen LogP contribution in [0.1, 0.15) is 34.6 Å². The van der Waals surface area contributed by atoms with Crippen LogP contribution in [0.2, 0.25) is 0 Å². The number of hydrogen-bond acceptors (Lipinski definition) is 13. The van der Waals surface area contributed by atoms with Crippen LogP contribution in [0.25, 0.3) is 33.5 Å². The second-order valence-corrected chi connectivity index (χ2v) is 18.5. The number of H-pyrrole nitrogens is 1. The molecule has 17 nitrogen and oxygen atoms in total. The number of nitrogens with zero attached hydrogens (tertiary/aromatic N) is 7. The minimum atomic E-state index is -4.90. The molecule has 0 amide bonds. The summed E-state index contributed by atoms with van der Waals surface area (Å²) in [6.07, 6.45) is 0.635. The summed E-state index contributed by atoms with van der Waals surface area (Å²) in [6, 6.07) is 28.0. The highest BCUT2D eigenvalue weighted by atomic mass is 32.2. The summed E-state index contributed by atoms with van der Waals surface area (Å²) in [7, 11) is -3.09. The minimum absolute atomic E-state index is 0.0122. The Labute approximate surface area is 359 Å². The summed E-state index contributed by atoms with van der Waals surface area (Å²) in [4.78, 5) is 8.69. The number of fused-ring (bicyclic) bond motifs is 1. The van der Waals surface area contributed by atoms with Crippen molar-refractivity contribution in [1.29, 1.82) is 0 Å². The third-order valence-electron chi connectivity index (χ3n) is 11.1. The molecule has 2 aromatic heterocycles. The maximum Gasteiger partial charge on any atom is 0.245 e. The highest BCUT2D eigenvalue weighted by Crippen LogP contribution is 2.48. The number of tetrazole rings is 1. The van der Waals surface area contributed by atoms with E-state index in [1.807, 2.05) is 19.2 Å². The molecule has 1 atom stereocenters. The van der Waals surface area contributed by atoms with Crippen molar-refractivity contribution < 1.29 is 31.0 Å². The third-order valence-corrected chi connectivity index (χ3v) is 14.0. The highest BCUT2D eigenvalue weighted by molar-refractivity contribution is 7.92. The third kappa shape index (κ3) is 8.44. The fraction of sp³-hybridized carbons (Fsp3) is 0.256. The van der Waals surface area contributed by atoms with Gasteiger partial charge in [-0.3, -0.25) is 0 Å². The number of ether oxygens (including phenoxy) is 3. The molecular weight excluding hydrogens is 833 g/mol. The normalized spacial score (nSPS) is 14.8. The number of para-hydroxylation sites is 1. The standard InChI is InChI=1S/C43H46N10O7S2/c1-51-21-20-30(26-51)35-22-37(61(45,54)55)41(62(56,57)52(23-27-8-14-31(58-2)15-9-27)24-28-10-16-32(59-3)17-11-28)39(38(35)34-6-5-7-36-40(34)47-43(44)46-36)42-48-49-50-53(42)25-29-12-18-33(60-4)19-13-29/h5-19,22,30H,20-21,23-26H2,1-4H3,(H3,44,46,47)(H2,45,54,55)/t30-/m0/s1. The van der Waals surface area contributed by atoms with Crippen molar-refractivity contribution in [3.05, 3.63) is 119 Å². The zero-order valence-electron chi connectivity index (χ0n) is 34.5. The molecule has 3 heterocycles. The molecule has 5 aromatic carbocycles. The monoisotopic (exact) mass is 878 g/mol. The first-order chi connectivity index (χ1) is 29.8. The Morgan fingerprint density at radius 3 is 1.92 bits per heavy atom. The molecule has 1 aliphatic heterocycles. The van der Waals surface area contributed by atoms with E-state index < -0.39 is 29.8 Å². The predicted molar refractivity (Wildman–Crippen MR) is 233 cm³/mol. The van der Waals surface area contributed by atoms with Crippen LogP contribution in [0.3, 0.4) is 0 Å². The first kappa shape index (κ1) is 42.3. The van der Waals surface area contributed by atoms with E-state index in [0.29, 0.717) is 75.6 Å². The molecule has 19 heteroatoms. The highest BCUT2D eigenvalue weighted by Gasteiger charge is 2.40. The number of aromatic nitrogens is 6. The Hall–Kier alpha value is -6.38.